The molecule has 2 rings (SSSR count). The zero-order chi connectivity index (χ0) is 14.3. The van der Waals surface area contributed by atoms with Gasteiger partial charge in [0.15, 0.2) is 5.03 Å². The summed E-state index contributed by atoms with van der Waals surface area (Å²) in [5.74, 6) is 0. The molecule has 0 radical (unpaired) electrons. The average Bonchev–Trinajstić information content (AvgIpc) is 2.70. The van der Waals surface area contributed by atoms with Crippen LogP contribution in [0.4, 0.5) is 0 Å². The van der Waals surface area contributed by atoms with Crippen molar-refractivity contribution in [2.24, 2.45) is 5.41 Å². The van der Waals surface area contributed by atoms with Crippen LogP contribution < -0.4 is 0 Å². The van der Waals surface area contributed by atoms with Crippen molar-refractivity contribution in [3.63, 3.8) is 0 Å². The number of hydrogen-bond acceptors (Lipinski definition) is 4. The summed E-state index contributed by atoms with van der Waals surface area (Å²) >= 11 is 0. The third-order valence-electron chi connectivity index (χ3n) is 3.85. The molecule has 1 aromatic rings. The molecule has 2 N–H and O–H groups in total. The maximum Gasteiger partial charge on any atom is 0.262 e. The fourth-order valence-corrected chi connectivity index (χ4v) is 3.88. The van der Waals surface area contributed by atoms with E-state index in [0.717, 1.165) is 12.8 Å². The monoisotopic (exact) mass is 287 g/mol. The van der Waals surface area contributed by atoms with Gasteiger partial charge in [-0.3, -0.25) is 5.10 Å². The number of hydrogen-bond donors (Lipinski definition) is 2. The Morgan fingerprint density at radius 3 is 2.47 bits per heavy atom. The van der Waals surface area contributed by atoms with Crippen LogP contribution in [0.1, 0.15) is 37.9 Å². The van der Waals surface area contributed by atoms with Crippen LogP contribution in [-0.2, 0) is 16.6 Å². The number of H-pyrrole nitrogens is 1. The van der Waals surface area contributed by atoms with E-state index in [2.05, 4.69) is 24.0 Å². The molecule has 0 amide bonds. The van der Waals surface area contributed by atoms with Crippen molar-refractivity contribution in [3.05, 3.63) is 11.3 Å². The summed E-state index contributed by atoms with van der Waals surface area (Å²) in [5, 5.41) is 15.7. The van der Waals surface area contributed by atoms with Gasteiger partial charge in [0, 0.05) is 24.3 Å². The molecular weight excluding hydrogens is 266 g/mol. The lowest BCUT2D eigenvalue weighted by Gasteiger charge is -2.35. The van der Waals surface area contributed by atoms with E-state index in [1.165, 1.54) is 4.31 Å². The molecular formula is C12H21N3O3S. The van der Waals surface area contributed by atoms with E-state index in [4.69, 9.17) is 0 Å². The number of rotatable bonds is 3. The highest BCUT2D eigenvalue weighted by Gasteiger charge is 2.35. The predicted octanol–water partition coefficient (Wildman–Crippen LogP) is 1.02. The van der Waals surface area contributed by atoms with E-state index in [1.807, 2.05) is 0 Å². The number of aliphatic hydroxyl groups is 1. The average molecular weight is 287 g/mol. The standard InChI is InChI=1S/C12H21N3O3S/c1-9-10(8-16)11(14-13-9)19(17,18)15-6-4-12(2,3)5-7-15/h16H,4-8H2,1-3H3,(H,13,14). The van der Waals surface area contributed by atoms with Crippen molar-refractivity contribution in [1.82, 2.24) is 14.5 Å². The van der Waals surface area contributed by atoms with Gasteiger partial charge in [0.05, 0.1) is 6.61 Å². The first-order valence-electron chi connectivity index (χ1n) is 6.43. The number of piperidine rings is 1. The lowest BCUT2D eigenvalue weighted by molar-refractivity contribution is 0.195. The molecule has 0 aromatic carbocycles. The van der Waals surface area contributed by atoms with Crippen molar-refractivity contribution < 1.29 is 13.5 Å². The van der Waals surface area contributed by atoms with Crippen LogP contribution >= 0.6 is 0 Å². The van der Waals surface area contributed by atoms with Gasteiger partial charge >= 0.3 is 0 Å². The fourth-order valence-electron chi connectivity index (χ4n) is 2.28. The Balaban J connectivity index is 2.28. The third-order valence-corrected chi connectivity index (χ3v) is 5.73. The van der Waals surface area contributed by atoms with Crippen LogP contribution in [0.2, 0.25) is 0 Å². The molecule has 0 saturated carbocycles. The molecule has 2 heterocycles. The van der Waals surface area contributed by atoms with Gasteiger partial charge in [0.1, 0.15) is 0 Å². The van der Waals surface area contributed by atoms with Crippen LogP contribution in [0.3, 0.4) is 0 Å². The van der Waals surface area contributed by atoms with E-state index >= 15 is 0 Å². The minimum absolute atomic E-state index is 0.0350. The molecule has 1 aliphatic heterocycles. The van der Waals surface area contributed by atoms with Gasteiger partial charge in [0.2, 0.25) is 0 Å². The minimum atomic E-state index is -3.60. The molecule has 0 bridgehead atoms. The van der Waals surface area contributed by atoms with E-state index < -0.39 is 10.0 Å². The lowest BCUT2D eigenvalue weighted by atomic mass is 9.83. The predicted molar refractivity (Wildman–Crippen MR) is 71.0 cm³/mol. The first-order valence-corrected chi connectivity index (χ1v) is 7.87. The Bertz CT molecular complexity index is 553. The number of aliphatic hydroxyl groups excluding tert-OH is 1. The van der Waals surface area contributed by atoms with Crippen LogP contribution in [0.5, 0.6) is 0 Å². The van der Waals surface area contributed by atoms with E-state index in [0.29, 0.717) is 24.3 Å². The molecule has 1 saturated heterocycles. The molecule has 6 nitrogen and oxygen atoms in total. The molecule has 1 aliphatic rings. The van der Waals surface area contributed by atoms with E-state index in [-0.39, 0.29) is 17.0 Å². The number of nitrogens with one attached hydrogen (secondary N) is 1. The summed E-state index contributed by atoms with van der Waals surface area (Å²) < 4.78 is 26.5. The summed E-state index contributed by atoms with van der Waals surface area (Å²) in [6.07, 6.45) is 1.67. The number of aryl methyl sites for hydroxylation is 1. The van der Waals surface area contributed by atoms with Crippen LogP contribution in [0.25, 0.3) is 0 Å². The molecule has 7 heteroatoms. The van der Waals surface area contributed by atoms with Crippen LogP contribution in [0.15, 0.2) is 5.03 Å². The molecule has 0 aliphatic carbocycles. The molecule has 19 heavy (non-hydrogen) atoms. The Labute approximate surface area is 113 Å². The van der Waals surface area contributed by atoms with E-state index in [9.17, 15) is 13.5 Å². The number of nitrogens with zero attached hydrogens (tertiary/aromatic N) is 2. The van der Waals surface area contributed by atoms with Crippen LogP contribution in [0, 0.1) is 12.3 Å². The summed E-state index contributed by atoms with van der Waals surface area (Å²) in [6, 6.07) is 0. The summed E-state index contributed by atoms with van der Waals surface area (Å²) in [6.45, 7) is 6.69. The maximum atomic E-state index is 12.5. The second-order valence-electron chi connectivity index (χ2n) is 5.86. The van der Waals surface area contributed by atoms with Gasteiger partial charge in [-0.15, -0.1) is 0 Å². The second kappa shape index (κ2) is 4.88. The van der Waals surface area contributed by atoms with Crippen molar-refractivity contribution in [1.29, 1.82) is 0 Å². The zero-order valence-electron chi connectivity index (χ0n) is 11.6. The minimum Gasteiger partial charge on any atom is -0.392 e. The number of aromatic nitrogens is 2. The Hall–Kier alpha value is -0.920. The largest absolute Gasteiger partial charge is 0.392 e. The number of sulfonamides is 1. The highest BCUT2D eigenvalue weighted by molar-refractivity contribution is 7.89. The van der Waals surface area contributed by atoms with Gasteiger partial charge < -0.3 is 5.11 Å². The first-order chi connectivity index (χ1) is 8.78. The second-order valence-corrected chi connectivity index (χ2v) is 7.71. The fraction of sp³-hybridized carbons (Fsp3) is 0.750. The Morgan fingerprint density at radius 1 is 1.37 bits per heavy atom. The third kappa shape index (κ3) is 2.68. The summed E-state index contributed by atoms with van der Waals surface area (Å²) in [5.41, 5.74) is 1.15. The molecule has 1 aromatic heterocycles. The molecule has 1 fully saturated rings. The van der Waals surface area contributed by atoms with Gasteiger partial charge in [0.25, 0.3) is 10.0 Å². The van der Waals surface area contributed by atoms with E-state index in [1.54, 1.807) is 6.92 Å². The molecule has 0 atom stereocenters. The SMILES string of the molecule is Cc1[nH]nc(S(=O)(=O)N2CCC(C)(C)CC2)c1CO. The smallest absolute Gasteiger partial charge is 0.262 e. The zero-order valence-corrected chi connectivity index (χ0v) is 12.4. The first kappa shape index (κ1) is 14.5. The van der Waals surface area contributed by atoms with Gasteiger partial charge in [-0.25, -0.2) is 8.42 Å². The Kier molecular flexibility index (Phi) is 3.72. The number of aromatic amines is 1. The molecule has 108 valence electrons. The summed E-state index contributed by atoms with van der Waals surface area (Å²) in [7, 11) is -3.60. The topological polar surface area (TPSA) is 86.3 Å². The Morgan fingerprint density at radius 2 is 1.95 bits per heavy atom. The highest BCUT2D eigenvalue weighted by atomic mass is 32.2. The summed E-state index contributed by atoms with van der Waals surface area (Å²) in [4.78, 5) is 0. The quantitative estimate of drug-likeness (QED) is 0.869. The van der Waals surface area contributed by atoms with Gasteiger partial charge in [-0.1, -0.05) is 13.8 Å². The van der Waals surface area contributed by atoms with Crippen LogP contribution in [-0.4, -0.2) is 41.1 Å². The van der Waals surface area contributed by atoms with Gasteiger partial charge in [-0.05, 0) is 25.2 Å². The lowest BCUT2D eigenvalue weighted by Crippen LogP contribution is -2.41. The maximum absolute atomic E-state index is 12.5. The van der Waals surface area contributed by atoms with Gasteiger partial charge in [-0.2, -0.15) is 9.40 Å². The van der Waals surface area contributed by atoms with Crippen molar-refractivity contribution in [2.75, 3.05) is 13.1 Å². The molecule has 0 spiro atoms. The van der Waals surface area contributed by atoms with Crippen molar-refractivity contribution in [2.45, 2.75) is 45.2 Å². The normalized spacial score (nSPS) is 20.6. The van der Waals surface area contributed by atoms with Crippen molar-refractivity contribution >= 4 is 10.0 Å². The van der Waals surface area contributed by atoms with Crippen molar-refractivity contribution in [3.8, 4) is 0 Å². The highest BCUT2D eigenvalue weighted by Crippen LogP contribution is 2.32. The molecule has 0 unspecified atom stereocenters.